The van der Waals surface area contributed by atoms with Crippen LogP contribution in [0.5, 0.6) is 11.5 Å². The van der Waals surface area contributed by atoms with E-state index < -0.39 is 0 Å². The lowest BCUT2D eigenvalue weighted by Crippen LogP contribution is -2.50. The molecule has 2 saturated heterocycles. The van der Waals surface area contributed by atoms with Crippen molar-refractivity contribution in [1.82, 2.24) is 4.90 Å². The summed E-state index contributed by atoms with van der Waals surface area (Å²) in [4.78, 5) is 14.4. The number of phenolic OH excluding ortho intramolecular Hbond substituents is 2. The molecule has 5 heteroatoms. The van der Waals surface area contributed by atoms with E-state index in [4.69, 9.17) is 5.73 Å². The van der Waals surface area contributed by atoms with Crippen molar-refractivity contribution in [3.8, 4) is 11.5 Å². The normalized spacial score (nSPS) is 29.5. The van der Waals surface area contributed by atoms with Crippen LogP contribution in [0.2, 0.25) is 0 Å². The maximum Gasteiger partial charge on any atom is 0.258 e. The SMILES string of the molecule is NC1CC2CCC(C1)N2C(=O)c1cccc(O)c1O. The van der Waals surface area contributed by atoms with Gasteiger partial charge >= 0.3 is 0 Å². The third-order valence-corrected chi connectivity index (χ3v) is 4.25. The minimum absolute atomic E-state index is 0.166. The molecule has 2 aliphatic heterocycles. The molecule has 2 fully saturated rings. The number of phenols is 2. The molecule has 19 heavy (non-hydrogen) atoms. The highest BCUT2D eigenvalue weighted by Crippen LogP contribution is 2.38. The Kier molecular flexibility index (Phi) is 2.86. The average Bonchev–Trinajstić information content (AvgIpc) is 2.64. The van der Waals surface area contributed by atoms with E-state index in [9.17, 15) is 15.0 Å². The molecule has 2 atom stereocenters. The van der Waals surface area contributed by atoms with Crippen molar-refractivity contribution >= 4 is 5.91 Å². The molecule has 0 saturated carbocycles. The number of amides is 1. The van der Waals surface area contributed by atoms with Gasteiger partial charge in [-0.05, 0) is 37.8 Å². The summed E-state index contributed by atoms with van der Waals surface area (Å²) in [7, 11) is 0. The zero-order valence-electron chi connectivity index (χ0n) is 10.6. The third kappa shape index (κ3) is 1.94. The second-order valence-electron chi connectivity index (χ2n) is 5.50. The maximum atomic E-state index is 12.6. The molecule has 2 heterocycles. The van der Waals surface area contributed by atoms with Crippen LogP contribution in [0.3, 0.4) is 0 Å². The van der Waals surface area contributed by atoms with E-state index in [1.54, 1.807) is 12.1 Å². The molecule has 3 rings (SSSR count). The number of carbonyl (C=O) groups is 1. The molecular weight excluding hydrogens is 244 g/mol. The Morgan fingerprint density at radius 3 is 2.47 bits per heavy atom. The monoisotopic (exact) mass is 262 g/mol. The first-order valence-electron chi connectivity index (χ1n) is 6.67. The number of hydrogen-bond acceptors (Lipinski definition) is 4. The number of nitrogens with zero attached hydrogens (tertiary/aromatic N) is 1. The predicted octanol–water partition coefficient (Wildman–Crippen LogP) is 1.19. The fourth-order valence-corrected chi connectivity index (χ4v) is 3.39. The molecule has 2 aliphatic rings. The standard InChI is InChI=1S/C14H18N2O3/c15-8-6-9-4-5-10(7-8)16(9)14(19)11-2-1-3-12(17)13(11)18/h1-3,8-10,17-18H,4-7,15H2. The van der Waals surface area contributed by atoms with Gasteiger partial charge in [0.1, 0.15) is 0 Å². The zero-order chi connectivity index (χ0) is 13.6. The second kappa shape index (κ2) is 4.42. The van der Waals surface area contributed by atoms with Crippen LogP contribution in [-0.2, 0) is 0 Å². The van der Waals surface area contributed by atoms with Crippen molar-refractivity contribution < 1.29 is 15.0 Å². The van der Waals surface area contributed by atoms with Crippen LogP contribution < -0.4 is 5.73 Å². The summed E-state index contributed by atoms with van der Waals surface area (Å²) in [6.07, 6.45) is 3.59. The number of fused-ring (bicyclic) bond motifs is 2. The minimum Gasteiger partial charge on any atom is -0.504 e. The number of hydrogen-bond donors (Lipinski definition) is 3. The van der Waals surface area contributed by atoms with Crippen molar-refractivity contribution in [3.05, 3.63) is 23.8 Å². The molecule has 102 valence electrons. The Labute approximate surface area is 111 Å². The Hall–Kier alpha value is -1.75. The van der Waals surface area contributed by atoms with E-state index >= 15 is 0 Å². The van der Waals surface area contributed by atoms with Gasteiger partial charge in [-0.15, -0.1) is 0 Å². The molecule has 1 aromatic rings. The summed E-state index contributed by atoms with van der Waals surface area (Å²) in [5.41, 5.74) is 6.16. The number of aromatic hydroxyl groups is 2. The van der Waals surface area contributed by atoms with E-state index in [-0.39, 0.29) is 41.1 Å². The molecule has 5 nitrogen and oxygen atoms in total. The highest BCUT2D eigenvalue weighted by molar-refractivity contribution is 5.98. The molecule has 1 aromatic carbocycles. The van der Waals surface area contributed by atoms with Crippen LogP contribution in [0.4, 0.5) is 0 Å². The number of nitrogens with two attached hydrogens (primary N) is 1. The Morgan fingerprint density at radius 1 is 1.21 bits per heavy atom. The lowest BCUT2D eigenvalue weighted by Gasteiger charge is -2.37. The molecule has 2 unspecified atom stereocenters. The lowest BCUT2D eigenvalue weighted by atomic mass is 9.97. The van der Waals surface area contributed by atoms with Gasteiger partial charge in [-0.25, -0.2) is 0 Å². The summed E-state index contributed by atoms with van der Waals surface area (Å²) in [5.74, 6) is -0.790. The topological polar surface area (TPSA) is 86.8 Å². The second-order valence-corrected chi connectivity index (χ2v) is 5.50. The molecular formula is C14H18N2O3. The third-order valence-electron chi connectivity index (χ3n) is 4.25. The van der Waals surface area contributed by atoms with E-state index in [1.807, 2.05) is 4.90 Å². The summed E-state index contributed by atoms with van der Waals surface area (Å²) >= 11 is 0. The lowest BCUT2D eigenvalue weighted by molar-refractivity contribution is 0.0571. The largest absolute Gasteiger partial charge is 0.504 e. The van der Waals surface area contributed by atoms with E-state index in [0.29, 0.717) is 0 Å². The van der Waals surface area contributed by atoms with Crippen molar-refractivity contribution in [3.63, 3.8) is 0 Å². The summed E-state index contributed by atoms with van der Waals surface area (Å²) < 4.78 is 0. The Bertz CT molecular complexity index is 503. The van der Waals surface area contributed by atoms with Gasteiger partial charge < -0.3 is 20.8 Å². The molecule has 0 radical (unpaired) electrons. The van der Waals surface area contributed by atoms with Crippen LogP contribution in [0.25, 0.3) is 0 Å². The first kappa shape index (κ1) is 12.3. The van der Waals surface area contributed by atoms with Gasteiger partial charge in [0.25, 0.3) is 5.91 Å². The van der Waals surface area contributed by atoms with Gasteiger partial charge in [0.15, 0.2) is 11.5 Å². The minimum atomic E-state index is -0.332. The average molecular weight is 262 g/mol. The molecule has 0 spiro atoms. The quantitative estimate of drug-likeness (QED) is 0.663. The van der Waals surface area contributed by atoms with E-state index in [1.165, 1.54) is 6.07 Å². The Balaban J connectivity index is 1.91. The van der Waals surface area contributed by atoms with Crippen molar-refractivity contribution in [2.45, 2.75) is 43.8 Å². The fourth-order valence-electron chi connectivity index (χ4n) is 3.39. The van der Waals surface area contributed by atoms with Gasteiger partial charge in [-0.2, -0.15) is 0 Å². The van der Waals surface area contributed by atoms with Gasteiger partial charge in [-0.1, -0.05) is 6.07 Å². The van der Waals surface area contributed by atoms with Crippen molar-refractivity contribution in [2.75, 3.05) is 0 Å². The van der Waals surface area contributed by atoms with Crippen LogP contribution in [-0.4, -0.2) is 39.1 Å². The number of rotatable bonds is 1. The Morgan fingerprint density at radius 2 is 1.84 bits per heavy atom. The maximum absolute atomic E-state index is 12.6. The highest BCUT2D eigenvalue weighted by atomic mass is 16.3. The first-order valence-corrected chi connectivity index (χ1v) is 6.67. The number of carbonyl (C=O) groups excluding carboxylic acids is 1. The van der Waals surface area contributed by atoms with Crippen molar-refractivity contribution in [1.29, 1.82) is 0 Å². The molecule has 1 amide bonds. The van der Waals surface area contributed by atoms with Crippen LogP contribution in [0, 0.1) is 0 Å². The predicted molar refractivity (Wildman–Crippen MR) is 70.0 cm³/mol. The van der Waals surface area contributed by atoms with E-state index in [0.717, 1.165) is 25.7 Å². The van der Waals surface area contributed by atoms with Crippen LogP contribution in [0.15, 0.2) is 18.2 Å². The van der Waals surface area contributed by atoms with Crippen LogP contribution >= 0.6 is 0 Å². The van der Waals surface area contributed by atoms with Gasteiger partial charge in [-0.3, -0.25) is 4.79 Å². The van der Waals surface area contributed by atoms with Gasteiger partial charge in [0.05, 0.1) is 5.56 Å². The molecule has 4 N–H and O–H groups in total. The van der Waals surface area contributed by atoms with Gasteiger partial charge in [0.2, 0.25) is 0 Å². The summed E-state index contributed by atoms with van der Waals surface area (Å²) in [6, 6.07) is 4.99. The summed E-state index contributed by atoms with van der Waals surface area (Å²) in [6.45, 7) is 0. The van der Waals surface area contributed by atoms with Crippen LogP contribution in [0.1, 0.15) is 36.0 Å². The van der Waals surface area contributed by atoms with E-state index in [2.05, 4.69) is 0 Å². The first-order chi connectivity index (χ1) is 9.08. The number of benzene rings is 1. The number of para-hydroxylation sites is 1. The highest BCUT2D eigenvalue weighted by Gasteiger charge is 2.43. The molecule has 0 aromatic heterocycles. The van der Waals surface area contributed by atoms with Crippen molar-refractivity contribution in [2.24, 2.45) is 5.73 Å². The summed E-state index contributed by atoms with van der Waals surface area (Å²) in [5, 5.41) is 19.3. The molecule has 2 bridgehead atoms. The smallest absolute Gasteiger partial charge is 0.258 e. The fraction of sp³-hybridized carbons (Fsp3) is 0.500. The number of piperidine rings is 1. The van der Waals surface area contributed by atoms with Gasteiger partial charge in [0, 0.05) is 18.1 Å². The zero-order valence-corrected chi connectivity index (χ0v) is 10.6. The molecule has 0 aliphatic carbocycles.